The van der Waals surface area contributed by atoms with Gasteiger partial charge in [-0.05, 0) is 43.0 Å². The summed E-state index contributed by atoms with van der Waals surface area (Å²) >= 11 is 0. The Morgan fingerprint density at radius 1 is 1.33 bits per heavy atom. The largest absolute Gasteiger partial charge is 0.465 e. The van der Waals surface area contributed by atoms with E-state index in [1.807, 2.05) is 0 Å². The molecule has 0 bridgehead atoms. The lowest BCUT2D eigenvalue weighted by Gasteiger charge is -2.07. The second kappa shape index (κ2) is 7.11. The summed E-state index contributed by atoms with van der Waals surface area (Å²) in [5.41, 5.74) is 0.780. The summed E-state index contributed by atoms with van der Waals surface area (Å²) in [6.45, 7) is 4.74. The standard InChI is InChI=1S/C18H22FN3O2/c1-12(2)11-16-20-17(8-3-13-9-10-24-18(13)23)22(21-16)15-6-4-14(19)5-7-15/h4-7,12-13H,3,8-11H2,1-2H3/t13-/m1/s1. The number of rotatable bonds is 6. The molecule has 128 valence electrons. The Morgan fingerprint density at radius 3 is 2.71 bits per heavy atom. The maximum absolute atomic E-state index is 13.2. The van der Waals surface area contributed by atoms with Crippen molar-refractivity contribution in [2.24, 2.45) is 11.8 Å². The lowest BCUT2D eigenvalue weighted by Crippen LogP contribution is -2.11. The van der Waals surface area contributed by atoms with Gasteiger partial charge >= 0.3 is 5.97 Å². The van der Waals surface area contributed by atoms with Crippen LogP contribution in [0.15, 0.2) is 24.3 Å². The van der Waals surface area contributed by atoms with Gasteiger partial charge in [0.2, 0.25) is 0 Å². The van der Waals surface area contributed by atoms with E-state index in [-0.39, 0.29) is 17.7 Å². The van der Waals surface area contributed by atoms with Gasteiger partial charge in [-0.25, -0.2) is 14.1 Å². The Labute approximate surface area is 140 Å². The van der Waals surface area contributed by atoms with Gasteiger partial charge in [-0.2, -0.15) is 5.10 Å². The van der Waals surface area contributed by atoms with Gasteiger partial charge in [-0.3, -0.25) is 4.79 Å². The van der Waals surface area contributed by atoms with Gasteiger partial charge in [0.1, 0.15) is 11.6 Å². The molecular formula is C18H22FN3O2. The molecule has 0 saturated carbocycles. The highest BCUT2D eigenvalue weighted by Gasteiger charge is 2.27. The number of carbonyl (C=O) groups excluding carboxylic acids is 1. The Kier molecular flexibility index (Phi) is 4.92. The van der Waals surface area contributed by atoms with E-state index < -0.39 is 0 Å². The minimum absolute atomic E-state index is 0.0584. The zero-order valence-electron chi connectivity index (χ0n) is 14.0. The van der Waals surface area contributed by atoms with E-state index in [1.54, 1.807) is 16.8 Å². The van der Waals surface area contributed by atoms with Gasteiger partial charge in [0.05, 0.1) is 18.2 Å². The molecule has 2 heterocycles. The number of hydrogen-bond donors (Lipinski definition) is 0. The van der Waals surface area contributed by atoms with Gasteiger partial charge < -0.3 is 4.74 Å². The fraction of sp³-hybridized carbons (Fsp3) is 0.500. The molecule has 0 radical (unpaired) electrons. The van der Waals surface area contributed by atoms with Crippen molar-refractivity contribution in [3.8, 4) is 5.69 Å². The van der Waals surface area contributed by atoms with Gasteiger partial charge in [0.25, 0.3) is 0 Å². The van der Waals surface area contributed by atoms with E-state index >= 15 is 0 Å². The molecule has 6 heteroatoms. The normalized spacial score (nSPS) is 17.5. The molecule has 2 aromatic rings. The summed E-state index contributed by atoms with van der Waals surface area (Å²) in [5.74, 6) is 1.57. The molecule has 0 amide bonds. The SMILES string of the molecule is CC(C)Cc1nc(CC[C@@H]2CCOC2=O)n(-c2ccc(F)cc2)n1. The van der Waals surface area contributed by atoms with E-state index in [0.29, 0.717) is 25.4 Å². The van der Waals surface area contributed by atoms with Crippen molar-refractivity contribution >= 4 is 5.97 Å². The Bertz CT molecular complexity index is 710. The summed E-state index contributed by atoms with van der Waals surface area (Å²) < 4.78 is 20.0. The van der Waals surface area contributed by atoms with E-state index in [4.69, 9.17) is 4.74 Å². The van der Waals surface area contributed by atoms with Crippen molar-refractivity contribution in [1.29, 1.82) is 0 Å². The monoisotopic (exact) mass is 331 g/mol. The highest BCUT2D eigenvalue weighted by atomic mass is 19.1. The number of esters is 1. The van der Waals surface area contributed by atoms with Crippen LogP contribution < -0.4 is 0 Å². The van der Waals surface area contributed by atoms with Crippen molar-refractivity contribution in [2.75, 3.05) is 6.61 Å². The van der Waals surface area contributed by atoms with Crippen LogP contribution in [0.2, 0.25) is 0 Å². The highest BCUT2D eigenvalue weighted by Crippen LogP contribution is 2.21. The molecule has 5 nitrogen and oxygen atoms in total. The first-order valence-electron chi connectivity index (χ1n) is 8.40. The first-order valence-corrected chi connectivity index (χ1v) is 8.40. The van der Waals surface area contributed by atoms with Crippen LogP contribution >= 0.6 is 0 Å². The second-order valence-corrected chi connectivity index (χ2v) is 6.62. The van der Waals surface area contributed by atoms with Gasteiger partial charge in [0.15, 0.2) is 5.82 Å². The lowest BCUT2D eigenvalue weighted by atomic mass is 10.0. The predicted octanol–water partition coefficient (Wildman–Crippen LogP) is 3.10. The van der Waals surface area contributed by atoms with Crippen molar-refractivity contribution in [1.82, 2.24) is 14.8 Å². The number of nitrogens with zero attached hydrogens (tertiary/aromatic N) is 3. The zero-order chi connectivity index (χ0) is 17.1. The fourth-order valence-electron chi connectivity index (χ4n) is 2.90. The van der Waals surface area contributed by atoms with Crippen molar-refractivity contribution in [3.63, 3.8) is 0 Å². The zero-order valence-corrected chi connectivity index (χ0v) is 14.0. The average molecular weight is 331 g/mol. The topological polar surface area (TPSA) is 57.0 Å². The molecule has 1 fully saturated rings. The molecule has 1 aromatic carbocycles. The van der Waals surface area contributed by atoms with Crippen molar-refractivity contribution in [2.45, 2.75) is 39.5 Å². The smallest absolute Gasteiger partial charge is 0.309 e. The van der Waals surface area contributed by atoms with Crippen LogP contribution in [0, 0.1) is 17.7 Å². The molecule has 24 heavy (non-hydrogen) atoms. The fourth-order valence-corrected chi connectivity index (χ4v) is 2.90. The quantitative estimate of drug-likeness (QED) is 0.763. The van der Waals surface area contributed by atoms with Gasteiger partial charge in [0, 0.05) is 12.8 Å². The molecule has 1 saturated heterocycles. The van der Waals surface area contributed by atoms with Crippen LogP contribution in [-0.4, -0.2) is 27.3 Å². The third-order valence-corrected chi connectivity index (χ3v) is 4.14. The number of cyclic esters (lactones) is 1. The minimum atomic E-state index is -0.281. The number of benzene rings is 1. The van der Waals surface area contributed by atoms with Crippen LogP contribution in [0.3, 0.4) is 0 Å². The molecule has 0 unspecified atom stereocenters. The molecule has 0 N–H and O–H groups in total. The molecule has 1 aliphatic heterocycles. The molecule has 1 atom stereocenters. The number of hydrogen-bond acceptors (Lipinski definition) is 4. The number of aryl methyl sites for hydroxylation is 1. The van der Waals surface area contributed by atoms with Crippen LogP contribution in [0.4, 0.5) is 4.39 Å². The summed E-state index contributed by atoms with van der Waals surface area (Å²) in [7, 11) is 0. The molecule has 0 spiro atoms. The molecule has 3 rings (SSSR count). The van der Waals surface area contributed by atoms with Gasteiger partial charge in [-0.1, -0.05) is 13.8 Å². The van der Waals surface area contributed by atoms with Crippen molar-refractivity contribution < 1.29 is 13.9 Å². The van der Waals surface area contributed by atoms with E-state index in [0.717, 1.165) is 30.2 Å². The molecular weight excluding hydrogens is 309 g/mol. The lowest BCUT2D eigenvalue weighted by molar-refractivity contribution is -0.141. The van der Waals surface area contributed by atoms with E-state index in [1.165, 1.54) is 12.1 Å². The van der Waals surface area contributed by atoms with Crippen LogP contribution in [0.1, 0.15) is 38.3 Å². The van der Waals surface area contributed by atoms with Gasteiger partial charge in [-0.15, -0.1) is 0 Å². The first kappa shape index (κ1) is 16.6. The number of halogens is 1. The number of aromatic nitrogens is 3. The van der Waals surface area contributed by atoms with Crippen LogP contribution in [0.25, 0.3) is 5.69 Å². The maximum Gasteiger partial charge on any atom is 0.309 e. The number of ether oxygens (including phenoxy) is 1. The summed E-state index contributed by atoms with van der Waals surface area (Å²) in [6, 6.07) is 6.21. The van der Waals surface area contributed by atoms with Crippen LogP contribution in [0.5, 0.6) is 0 Å². The summed E-state index contributed by atoms with van der Waals surface area (Å²) in [6.07, 6.45) is 2.89. The van der Waals surface area contributed by atoms with Crippen molar-refractivity contribution in [3.05, 3.63) is 41.7 Å². The summed E-state index contributed by atoms with van der Waals surface area (Å²) in [4.78, 5) is 16.3. The Balaban J connectivity index is 1.83. The highest BCUT2D eigenvalue weighted by molar-refractivity contribution is 5.74. The predicted molar refractivity (Wildman–Crippen MR) is 87.2 cm³/mol. The third kappa shape index (κ3) is 3.80. The van der Waals surface area contributed by atoms with E-state index in [2.05, 4.69) is 23.9 Å². The molecule has 1 aliphatic rings. The first-order chi connectivity index (χ1) is 11.5. The molecule has 0 aliphatic carbocycles. The third-order valence-electron chi connectivity index (χ3n) is 4.14. The average Bonchev–Trinajstić information content (AvgIpc) is 3.11. The summed E-state index contributed by atoms with van der Waals surface area (Å²) in [5, 5.41) is 4.58. The second-order valence-electron chi connectivity index (χ2n) is 6.62. The number of carbonyl (C=O) groups is 1. The Morgan fingerprint density at radius 2 is 2.08 bits per heavy atom. The van der Waals surface area contributed by atoms with Crippen LogP contribution in [-0.2, 0) is 22.4 Å². The Hall–Kier alpha value is -2.24. The maximum atomic E-state index is 13.2. The van der Waals surface area contributed by atoms with E-state index in [9.17, 15) is 9.18 Å². The molecule has 1 aromatic heterocycles. The minimum Gasteiger partial charge on any atom is -0.465 e.